The molecule has 1 aliphatic heterocycles. The number of nitrogens with zero attached hydrogens (tertiary/aromatic N) is 2. The van der Waals surface area contributed by atoms with Crippen LogP contribution in [0.4, 0.5) is 0 Å². The summed E-state index contributed by atoms with van der Waals surface area (Å²) in [6.07, 6.45) is 1.74. The highest BCUT2D eigenvalue weighted by Gasteiger charge is 2.46. The Bertz CT molecular complexity index is 917. The fourth-order valence-corrected chi connectivity index (χ4v) is 4.04. The molecule has 4 rings (SSSR count). The van der Waals surface area contributed by atoms with Crippen LogP contribution < -0.4 is 0 Å². The molecule has 29 heavy (non-hydrogen) atoms. The first-order chi connectivity index (χ1) is 13.9. The summed E-state index contributed by atoms with van der Waals surface area (Å²) in [4.78, 5) is 30.5. The molecule has 2 aliphatic rings. The monoisotopic (exact) mass is 434 g/mol. The zero-order chi connectivity index (χ0) is 20.5. The molecule has 1 aliphatic carbocycles. The first-order valence-electron chi connectivity index (χ1n) is 9.47. The van der Waals surface area contributed by atoms with Crippen LogP contribution in [0.3, 0.4) is 0 Å². The van der Waals surface area contributed by atoms with Crippen LogP contribution in [0.1, 0.15) is 42.5 Å². The van der Waals surface area contributed by atoms with Gasteiger partial charge in [-0.25, -0.2) is 4.98 Å². The summed E-state index contributed by atoms with van der Waals surface area (Å²) < 4.78 is 6.09. The number of carboxylic acids is 1. The fraction of sp³-hybridized carbons (Fsp3) is 0.381. The molecule has 3 atom stereocenters. The normalized spacial score (nSPS) is 24.6. The van der Waals surface area contributed by atoms with E-state index in [-0.39, 0.29) is 12.3 Å². The summed E-state index contributed by atoms with van der Waals surface area (Å²) in [5.74, 6) is -0.964. The Balaban J connectivity index is 1.78. The van der Waals surface area contributed by atoms with Gasteiger partial charge in [0.25, 0.3) is 5.91 Å². The Morgan fingerprint density at radius 1 is 1.21 bits per heavy atom. The predicted octanol–water partition coefficient (Wildman–Crippen LogP) is 4.28. The maximum Gasteiger partial charge on any atom is 0.306 e. The minimum atomic E-state index is -1.08. The number of amides is 1. The van der Waals surface area contributed by atoms with Crippen molar-refractivity contribution in [1.82, 2.24) is 9.88 Å². The molecule has 2 heterocycles. The number of aliphatic carboxylic acids is 1. The van der Waals surface area contributed by atoms with Gasteiger partial charge >= 0.3 is 5.97 Å². The van der Waals surface area contributed by atoms with Crippen molar-refractivity contribution in [2.75, 3.05) is 6.54 Å². The van der Waals surface area contributed by atoms with Crippen molar-refractivity contribution in [3.8, 4) is 0 Å². The zero-order valence-electron chi connectivity index (χ0n) is 15.5. The van der Waals surface area contributed by atoms with Crippen molar-refractivity contribution in [3.05, 3.63) is 63.9 Å². The Morgan fingerprint density at radius 3 is 2.62 bits per heavy atom. The first-order valence-corrected chi connectivity index (χ1v) is 10.2. The largest absolute Gasteiger partial charge is 0.481 e. The van der Waals surface area contributed by atoms with Gasteiger partial charge in [0, 0.05) is 17.8 Å². The van der Waals surface area contributed by atoms with Crippen LogP contribution in [0.15, 0.2) is 42.6 Å². The number of carboxylic acid groups (broad SMARTS) is 1. The lowest BCUT2D eigenvalue weighted by atomic mass is 9.91. The number of halogens is 2. The van der Waals surface area contributed by atoms with E-state index in [1.165, 1.54) is 0 Å². The number of carbonyl (C=O) groups is 2. The third-order valence-electron chi connectivity index (χ3n) is 5.27. The van der Waals surface area contributed by atoms with Crippen LogP contribution in [0.2, 0.25) is 10.2 Å². The number of aromatic nitrogens is 1. The van der Waals surface area contributed by atoms with Gasteiger partial charge in [0.15, 0.2) is 0 Å². The molecule has 1 amide bonds. The Hall–Kier alpha value is -2.15. The molecule has 2 fully saturated rings. The molecule has 0 unspecified atom stereocenters. The van der Waals surface area contributed by atoms with E-state index in [1.807, 2.05) is 18.2 Å². The highest BCUT2D eigenvalue weighted by atomic mass is 35.5. The lowest BCUT2D eigenvalue weighted by molar-refractivity contribution is -0.179. The molecular formula is C21H20Cl2N2O4. The number of morpholine rings is 1. The maximum atomic E-state index is 13.2. The zero-order valence-corrected chi connectivity index (χ0v) is 17.0. The number of hydrogen-bond acceptors (Lipinski definition) is 4. The van der Waals surface area contributed by atoms with E-state index in [0.717, 1.165) is 24.0 Å². The summed E-state index contributed by atoms with van der Waals surface area (Å²) >= 11 is 12.2. The Kier molecular flexibility index (Phi) is 5.76. The minimum Gasteiger partial charge on any atom is -0.481 e. The van der Waals surface area contributed by atoms with Gasteiger partial charge in [-0.05, 0) is 48.1 Å². The standard InChI is InChI=1S/C21H20Cl2N2O4/c22-15-3-1-2-13(8-15)20-19(14-6-7-17(23)24-10-14)25(11-12-4-5-12)21(28)16(29-20)9-18(26)27/h1-3,6-8,10,12,16,19-20H,4-5,9,11H2,(H,26,27)/t16-,19-,20-/m1/s1. The van der Waals surface area contributed by atoms with E-state index in [9.17, 15) is 14.7 Å². The molecule has 0 radical (unpaired) electrons. The van der Waals surface area contributed by atoms with Crippen molar-refractivity contribution in [2.24, 2.45) is 5.92 Å². The average Bonchev–Trinajstić information content (AvgIpc) is 3.49. The number of pyridine rings is 1. The average molecular weight is 435 g/mol. The summed E-state index contributed by atoms with van der Waals surface area (Å²) in [5, 5.41) is 10.2. The Labute approximate surface area is 178 Å². The smallest absolute Gasteiger partial charge is 0.306 e. The second-order valence-corrected chi connectivity index (χ2v) is 8.31. The molecule has 1 aromatic carbocycles. The van der Waals surface area contributed by atoms with Gasteiger partial charge in [-0.1, -0.05) is 41.4 Å². The number of rotatable bonds is 6. The van der Waals surface area contributed by atoms with Gasteiger partial charge in [0.05, 0.1) is 12.5 Å². The molecule has 8 heteroatoms. The third kappa shape index (κ3) is 4.55. The lowest BCUT2D eigenvalue weighted by Gasteiger charge is -2.44. The van der Waals surface area contributed by atoms with Crippen molar-refractivity contribution in [1.29, 1.82) is 0 Å². The van der Waals surface area contributed by atoms with E-state index in [2.05, 4.69) is 4.98 Å². The van der Waals surface area contributed by atoms with Crippen LogP contribution >= 0.6 is 23.2 Å². The van der Waals surface area contributed by atoms with E-state index in [1.54, 1.807) is 29.3 Å². The van der Waals surface area contributed by atoms with Gasteiger partial charge < -0.3 is 14.7 Å². The molecule has 0 bridgehead atoms. The van der Waals surface area contributed by atoms with Gasteiger partial charge in [0.2, 0.25) is 0 Å². The van der Waals surface area contributed by atoms with Crippen LogP contribution in [0.5, 0.6) is 0 Å². The summed E-state index contributed by atoms with van der Waals surface area (Å²) in [5.41, 5.74) is 1.56. The molecule has 1 N–H and O–H groups in total. The molecule has 152 valence electrons. The molecule has 1 saturated carbocycles. The Morgan fingerprint density at radius 2 is 2.00 bits per heavy atom. The van der Waals surface area contributed by atoms with Gasteiger partial charge in [-0.3, -0.25) is 9.59 Å². The SMILES string of the molecule is O=C(O)C[C@H]1O[C@H](c2cccc(Cl)c2)[C@@H](c2ccc(Cl)nc2)N(CC2CC2)C1=O. The second kappa shape index (κ2) is 8.30. The quantitative estimate of drug-likeness (QED) is 0.686. The minimum absolute atomic E-state index is 0.308. The van der Waals surface area contributed by atoms with Crippen LogP contribution in [0.25, 0.3) is 0 Å². The van der Waals surface area contributed by atoms with Crippen LogP contribution in [0, 0.1) is 5.92 Å². The predicted molar refractivity (Wildman–Crippen MR) is 108 cm³/mol. The molecule has 2 aromatic rings. The van der Waals surface area contributed by atoms with Crippen LogP contribution in [-0.4, -0.2) is 39.5 Å². The molecule has 1 aromatic heterocycles. The van der Waals surface area contributed by atoms with Gasteiger partial charge in [0.1, 0.15) is 17.4 Å². The highest BCUT2D eigenvalue weighted by molar-refractivity contribution is 6.30. The first kappa shape index (κ1) is 20.1. The van der Waals surface area contributed by atoms with Crippen molar-refractivity contribution in [3.63, 3.8) is 0 Å². The molecule has 0 spiro atoms. The maximum absolute atomic E-state index is 13.2. The number of ether oxygens (including phenoxy) is 1. The van der Waals surface area contributed by atoms with E-state index < -0.39 is 24.2 Å². The van der Waals surface area contributed by atoms with Crippen molar-refractivity contribution >= 4 is 35.1 Å². The summed E-state index contributed by atoms with van der Waals surface area (Å²) in [6.45, 7) is 0.558. The number of benzene rings is 1. The molecule has 1 saturated heterocycles. The number of carbonyl (C=O) groups excluding carboxylic acids is 1. The van der Waals surface area contributed by atoms with Crippen molar-refractivity contribution in [2.45, 2.75) is 37.5 Å². The van der Waals surface area contributed by atoms with Crippen molar-refractivity contribution < 1.29 is 19.4 Å². The topological polar surface area (TPSA) is 79.7 Å². The summed E-state index contributed by atoms with van der Waals surface area (Å²) in [7, 11) is 0. The number of hydrogen-bond donors (Lipinski definition) is 1. The highest BCUT2D eigenvalue weighted by Crippen LogP contribution is 2.45. The van der Waals surface area contributed by atoms with E-state index in [0.29, 0.717) is 22.6 Å². The van der Waals surface area contributed by atoms with E-state index in [4.69, 9.17) is 27.9 Å². The fourth-order valence-electron chi connectivity index (χ4n) is 3.73. The second-order valence-electron chi connectivity index (χ2n) is 7.49. The summed E-state index contributed by atoms with van der Waals surface area (Å²) in [6, 6.07) is 10.3. The molecular weight excluding hydrogens is 415 g/mol. The molecule has 6 nitrogen and oxygen atoms in total. The van der Waals surface area contributed by atoms with Crippen LogP contribution in [-0.2, 0) is 14.3 Å². The van der Waals surface area contributed by atoms with E-state index >= 15 is 0 Å². The third-order valence-corrected chi connectivity index (χ3v) is 5.73. The van der Waals surface area contributed by atoms with Gasteiger partial charge in [-0.15, -0.1) is 0 Å². The lowest BCUT2D eigenvalue weighted by Crippen LogP contribution is -2.52. The van der Waals surface area contributed by atoms with Gasteiger partial charge in [-0.2, -0.15) is 0 Å².